The van der Waals surface area contributed by atoms with Crippen molar-refractivity contribution in [1.82, 2.24) is 15.2 Å². The molecule has 3 aromatic rings. The molecule has 3 N–H and O–H groups in total. The zero-order valence-electron chi connectivity index (χ0n) is 22.3. The molecule has 2 heterocycles. The molecular formula is C32H40N4O2. The van der Waals surface area contributed by atoms with Crippen molar-refractivity contribution in [2.75, 3.05) is 19.6 Å². The van der Waals surface area contributed by atoms with Gasteiger partial charge in [0.15, 0.2) is 0 Å². The maximum absolute atomic E-state index is 12.8. The first-order valence-corrected chi connectivity index (χ1v) is 13.8. The first-order valence-electron chi connectivity index (χ1n) is 13.8. The van der Waals surface area contributed by atoms with Gasteiger partial charge in [-0.05, 0) is 73.9 Å². The van der Waals surface area contributed by atoms with Crippen molar-refractivity contribution in [3.63, 3.8) is 0 Å². The smallest absolute Gasteiger partial charge is 0.222 e. The van der Waals surface area contributed by atoms with E-state index in [1.807, 2.05) is 19.1 Å². The standard InChI is InChI=1S/C32H40N4O2/c1-24(21-29(31(33)37)22-26-9-8-17-34-23-26)32(38)35-18-14-25-15-19-36(20-16-25)30(27-10-4-2-5-11-27)28-12-6-3-7-13-28/h2-13,17,23-25,29-30H,14-16,18-22H2,1H3,(H2,33,37)(H,35,38). The summed E-state index contributed by atoms with van der Waals surface area (Å²) in [6.07, 6.45) is 7.61. The summed E-state index contributed by atoms with van der Waals surface area (Å²) in [6.45, 7) is 4.62. The van der Waals surface area contributed by atoms with Crippen LogP contribution in [0.4, 0.5) is 0 Å². The highest BCUT2D eigenvalue weighted by atomic mass is 16.2. The maximum Gasteiger partial charge on any atom is 0.222 e. The third kappa shape index (κ3) is 7.75. The second kappa shape index (κ2) is 13.9. The number of amides is 2. The fourth-order valence-electron chi connectivity index (χ4n) is 5.60. The Morgan fingerprint density at radius 3 is 2.16 bits per heavy atom. The highest BCUT2D eigenvalue weighted by molar-refractivity contribution is 5.81. The van der Waals surface area contributed by atoms with Crippen LogP contribution in [0.2, 0.25) is 0 Å². The van der Waals surface area contributed by atoms with Crippen LogP contribution in [0.1, 0.15) is 55.3 Å². The number of benzene rings is 2. The van der Waals surface area contributed by atoms with E-state index in [0.717, 1.165) is 37.9 Å². The Balaban J connectivity index is 1.23. The molecule has 4 rings (SSSR count). The van der Waals surface area contributed by atoms with E-state index >= 15 is 0 Å². The molecule has 0 aliphatic carbocycles. The molecule has 38 heavy (non-hydrogen) atoms. The van der Waals surface area contributed by atoms with Gasteiger partial charge in [-0.3, -0.25) is 19.5 Å². The van der Waals surface area contributed by atoms with Gasteiger partial charge in [-0.2, -0.15) is 0 Å². The number of nitrogens with two attached hydrogens (primary N) is 1. The summed E-state index contributed by atoms with van der Waals surface area (Å²) in [4.78, 5) is 31.5. The number of hydrogen-bond donors (Lipinski definition) is 2. The zero-order chi connectivity index (χ0) is 26.7. The van der Waals surface area contributed by atoms with E-state index in [-0.39, 0.29) is 29.7 Å². The van der Waals surface area contributed by atoms with Crippen LogP contribution >= 0.6 is 0 Å². The van der Waals surface area contributed by atoms with Crippen LogP contribution in [0.15, 0.2) is 85.2 Å². The van der Waals surface area contributed by atoms with Gasteiger partial charge in [-0.15, -0.1) is 0 Å². The Morgan fingerprint density at radius 1 is 0.974 bits per heavy atom. The van der Waals surface area contributed by atoms with E-state index in [0.29, 0.717) is 25.3 Å². The van der Waals surface area contributed by atoms with Gasteiger partial charge in [0.25, 0.3) is 0 Å². The molecule has 1 aromatic heterocycles. The Bertz CT molecular complexity index is 1090. The third-order valence-corrected chi connectivity index (χ3v) is 7.79. The van der Waals surface area contributed by atoms with E-state index in [2.05, 4.69) is 75.9 Å². The van der Waals surface area contributed by atoms with Crippen LogP contribution in [0.5, 0.6) is 0 Å². The van der Waals surface area contributed by atoms with Crippen LogP contribution in [0.25, 0.3) is 0 Å². The van der Waals surface area contributed by atoms with Crippen LogP contribution in [-0.4, -0.2) is 41.3 Å². The lowest BCUT2D eigenvalue weighted by Gasteiger charge is -2.38. The third-order valence-electron chi connectivity index (χ3n) is 7.79. The van der Waals surface area contributed by atoms with Crippen LogP contribution < -0.4 is 11.1 Å². The molecule has 6 heteroatoms. The largest absolute Gasteiger partial charge is 0.369 e. The highest BCUT2D eigenvalue weighted by Gasteiger charge is 2.28. The number of nitrogens with zero attached hydrogens (tertiary/aromatic N) is 2. The lowest BCUT2D eigenvalue weighted by molar-refractivity contribution is -0.126. The van der Waals surface area contributed by atoms with Gasteiger partial charge in [0.05, 0.1) is 6.04 Å². The number of aromatic nitrogens is 1. The Labute approximate surface area is 226 Å². The maximum atomic E-state index is 12.8. The summed E-state index contributed by atoms with van der Waals surface area (Å²) < 4.78 is 0. The zero-order valence-corrected chi connectivity index (χ0v) is 22.3. The van der Waals surface area contributed by atoms with Crippen molar-refractivity contribution in [2.45, 2.75) is 45.1 Å². The predicted molar refractivity (Wildman–Crippen MR) is 151 cm³/mol. The van der Waals surface area contributed by atoms with Crippen molar-refractivity contribution in [3.8, 4) is 0 Å². The summed E-state index contributed by atoms with van der Waals surface area (Å²) in [6, 6.07) is 25.5. The predicted octanol–water partition coefficient (Wildman–Crippen LogP) is 4.76. The molecule has 1 fully saturated rings. The summed E-state index contributed by atoms with van der Waals surface area (Å²) in [5.41, 5.74) is 9.26. The van der Waals surface area contributed by atoms with Crippen LogP contribution in [0, 0.1) is 17.8 Å². The van der Waals surface area contributed by atoms with Gasteiger partial charge in [-0.1, -0.05) is 73.7 Å². The summed E-state index contributed by atoms with van der Waals surface area (Å²) >= 11 is 0. The second-order valence-electron chi connectivity index (χ2n) is 10.6. The van der Waals surface area contributed by atoms with Crippen molar-refractivity contribution in [1.29, 1.82) is 0 Å². The molecule has 2 atom stereocenters. The summed E-state index contributed by atoms with van der Waals surface area (Å²) in [7, 11) is 0. The Morgan fingerprint density at radius 2 is 1.61 bits per heavy atom. The lowest BCUT2D eigenvalue weighted by atomic mass is 9.89. The van der Waals surface area contributed by atoms with E-state index in [4.69, 9.17) is 5.73 Å². The normalized spacial score (nSPS) is 16.2. The minimum Gasteiger partial charge on any atom is -0.369 e. The molecule has 2 unspecified atom stereocenters. The fourth-order valence-corrected chi connectivity index (χ4v) is 5.60. The molecule has 0 saturated carbocycles. The Hall–Kier alpha value is -3.51. The van der Waals surface area contributed by atoms with Crippen molar-refractivity contribution >= 4 is 11.8 Å². The second-order valence-corrected chi connectivity index (χ2v) is 10.6. The lowest BCUT2D eigenvalue weighted by Crippen LogP contribution is -2.39. The van der Waals surface area contributed by atoms with Gasteiger partial charge < -0.3 is 11.1 Å². The average molecular weight is 513 g/mol. The Kier molecular flexibility index (Phi) is 10.0. The molecule has 1 aliphatic heterocycles. The fraction of sp³-hybridized carbons (Fsp3) is 0.406. The summed E-state index contributed by atoms with van der Waals surface area (Å²) in [5.74, 6) is -0.439. The molecule has 200 valence electrons. The number of nitrogens with one attached hydrogen (secondary N) is 1. The molecule has 1 aliphatic rings. The molecule has 0 spiro atoms. The molecule has 6 nitrogen and oxygen atoms in total. The average Bonchev–Trinajstić information content (AvgIpc) is 2.95. The van der Waals surface area contributed by atoms with E-state index < -0.39 is 0 Å². The molecule has 2 amide bonds. The van der Waals surface area contributed by atoms with Crippen molar-refractivity contribution in [2.24, 2.45) is 23.5 Å². The first kappa shape index (κ1) is 27.5. The molecule has 0 radical (unpaired) electrons. The number of likely N-dealkylation sites (tertiary alicyclic amines) is 1. The van der Waals surface area contributed by atoms with Crippen LogP contribution in [0.3, 0.4) is 0 Å². The summed E-state index contributed by atoms with van der Waals surface area (Å²) in [5, 5.41) is 3.11. The van der Waals surface area contributed by atoms with E-state index in [9.17, 15) is 9.59 Å². The number of piperidine rings is 1. The first-order chi connectivity index (χ1) is 18.5. The number of rotatable bonds is 12. The van der Waals surface area contributed by atoms with Gasteiger partial charge in [0.1, 0.15) is 0 Å². The van der Waals surface area contributed by atoms with Gasteiger partial charge >= 0.3 is 0 Å². The highest BCUT2D eigenvalue weighted by Crippen LogP contribution is 2.33. The van der Waals surface area contributed by atoms with E-state index in [1.54, 1.807) is 12.4 Å². The number of hydrogen-bond acceptors (Lipinski definition) is 4. The van der Waals surface area contributed by atoms with Gasteiger partial charge in [0.2, 0.25) is 11.8 Å². The van der Waals surface area contributed by atoms with Crippen molar-refractivity contribution < 1.29 is 9.59 Å². The minimum absolute atomic E-state index is 0.00640. The number of primary amides is 1. The van der Waals surface area contributed by atoms with Crippen LogP contribution in [-0.2, 0) is 16.0 Å². The number of carbonyl (C=O) groups is 2. The topological polar surface area (TPSA) is 88.3 Å². The van der Waals surface area contributed by atoms with Gasteiger partial charge in [0, 0.05) is 30.8 Å². The molecule has 0 bridgehead atoms. The monoisotopic (exact) mass is 512 g/mol. The quantitative estimate of drug-likeness (QED) is 0.366. The number of pyridine rings is 1. The van der Waals surface area contributed by atoms with Crippen molar-refractivity contribution in [3.05, 3.63) is 102 Å². The minimum atomic E-state index is -0.383. The molecule has 1 saturated heterocycles. The van der Waals surface area contributed by atoms with Gasteiger partial charge in [-0.25, -0.2) is 0 Å². The number of carbonyl (C=O) groups excluding carboxylic acids is 2. The SMILES string of the molecule is CC(CC(Cc1cccnc1)C(N)=O)C(=O)NCCC1CCN(C(c2ccccc2)c2ccccc2)CC1. The molecular weight excluding hydrogens is 472 g/mol. The molecule has 2 aromatic carbocycles. The van der Waals surface area contributed by atoms with E-state index in [1.165, 1.54) is 11.1 Å².